The molecule has 3 aromatic rings. The maximum atomic E-state index is 4.75. The van der Waals surface area contributed by atoms with Gasteiger partial charge in [-0.3, -0.25) is 4.98 Å². The molecule has 1 aliphatic carbocycles. The van der Waals surface area contributed by atoms with Crippen LogP contribution in [0.25, 0.3) is 10.2 Å². The largest absolute Gasteiger partial charge is 0.264 e. The van der Waals surface area contributed by atoms with E-state index in [4.69, 9.17) is 9.97 Å². The summed E-state index contributed by atoms with van der Waals surface area (Å²) < 4.78 is 0. The van der Waals surface area contributed by atoms with Crippen molar-refractivity contribution in [1.29, 1.82) is 0 Å². The Balaban J connectivity index is 1.73. The molecule has 5 heteroatoms. The van der Waals surface area contributed by atoms with E-state index in [-0.39, 0.29) is 0 Å². The molecule has 0 unspecified atom stereocenters. The van der Waals surface area contributed by atoms with Crippen LogP contribution in [0, 0.1) is 12.8 Å². The Morgan fingerprint density at radius 2 is 2.26 bits per heavy atom. The number of rotatable bonds is 3. The van der Waals surface area contributed by atoms with E-state index in [1.54, 1.807) is 0 Å². The van der Waals surface area contributed by atoms with Gasteiger partial charge in [0.2, 0.25) is 0 Å². The van der Waals surface area contributed by atoms with Crippen molar-refractivity contribution in [2.24, 2.45) is 5.92 Å². The van der Waals surface area contributed by atoms with Crippen LogP contribution >= 0.6 is 23.1 Å². The van der Waals surface area contributed by atoms with Gasteiger partial charge in [-0.05, 0) is 49.3 Å². The monoisotopic (exact) mass is 341 g/mol. The van der Waals surface area contributed by atoms with Gasteiger partial charge in [0.25, 0.3) is 0 Å². The molecule has 23 heavy (non-hydrogen) atoms. The minimum atomic E-state index is 0.788. The zero-order chi connectivity index (χ0) is 15.8. The maximum absolute atomic E-state index is 4.75. The molecule has 0 saturated heterocycles. The van der Waals surface area contributed by atoms with E-state index in [9.17, 15) is 0 Å². The highest BCUT2D eigenvalue weighted by molar-refractivity contribution is 7.98. The molecule has 0 spiro atoms. The van der Waals surface area contributed by atoms with Gasteiger partial charge in [0.05, 0.1) is 0 Å². The highest BCUT2D eigenvalue weighted by Gasteiger charge is 2.23. The molecule has 0 radical (unpaired) electrons. The van der Waals surface area contributed by atoms with Crippen LogP contribution in [0.1, 0.15) is 35.2 Å². The predicted molar refractivity (Wildman–Crippen MR) is 97.1 cm³/mol. The van der Waals surface area contributed by atoms with E-state index in [2.05, 4.69) is 18.0 Å². The lowest BCUT2D eigenvalue weighted by Gasteiger charge is -2.18. The van der Waals surface area contributed by atoms with E-state index in [0.717, 1.165) is 22.5 Å². The van der Waals surface area contributed by atoms with Gasteiger partial charge in [0.15, 0.2) is 0 Å². The van der Waals surface area contributed by atoms with Crippen molar-refractivity contribution in [1.82, 2.24) is 15.0 Å². The van der Waals surface area contributed by atoms with Crippen molar-refractivity contribution in [2.75, 3.05) is 0 Å². The van der Waals surface area contributed by atoms with Gasteiger partial charge >= 0.3 is 0 Å². The molecule has 0 amide bonds. The third kappa shape index (κ3) is 3.00. The van der Waals surface area contributed by atoms with Crippen LogP contribution in [-0.4, -0.2) is 15.0 Å². The summed E-state index contributed by atoms with van der Waals surface area (Å²) in [5, 5.41) is 2.46. The second-order valence-electron chi connectivity index (χ2n) is 6.26. The van der Waals surface area contributed by atoms with Crippen molar-refractivity contribution >= 4 is 33.3 Å². The summed E-state index contributed by atoms with van der Waals surface area (Å²) in [5.74, 6) is 2.56. The third-order valence-corrected chi connectivity index (χ3v) is 6.53. The topological polar surface area (TPSA) is 38.7 Å². The van der Waals surface area contributed by atoms with Crippen LogP contribution in [0.2, 0.25) is 0 Å². The Morgan fingerprint density at radius 1 is 1.35 bits per heavy atom. The summed E-state index contributed by atoms with van der Waals surface area (Å²) >= 11 is 3.69. The van der Waals surface area contributed by atoms with E-state index in [1.165, 1.54) is 45.5 Å². The smallest absolute Gasteiger partial charge is 0.128 e. The molecular weight excluding hydrogens is 322 g/mol. The van der Waals surface area contributed by atoms with Gasteiger partial charge in [-0.2, -0.15) is 0 Å². The zero-order valence-corrected chi connectivity index (χ0v) is 15.0. The molecule has 0 saturated carbocycles. The molecule has 118 valence electrons. The van der Waals surface area contributed by atoms with E-state index in [1.807, 2.05) is 48.5 Å². The molecule has 0 N–H and O–H groups in total. The minimum absolute atomic E-state index is 0.788. The Labute approximate surface area is 144 Å². The van der Waals surface area contributed by atoms with Gasteiger partial charge in [-0.25, -0.2) is 9.97 Å². The maximum Gasteiger partial charge on any atom is 0.128 e. The number of thioether (sulfide) groups is 1. The predicted octanol–water partition coefficient (Wildman–Crippen LogP) is 4.81. The lowest BCUT2D eigenvalue weighted by molar-refractivity contribution is 0.509. The van der Waals surface area contributed by atoms with Crippen LogP contribution in [0.5, 0.6) is 0 Å². The van der Waals surface area contributed by atoms with Gasteiger partial charge in [-0.15, -0.1) is 23.1 Å². The van der Waals surface area contributed by atoms with Crippen molar-refractivity contribution < 1.29 is 0 Å². The molecule has 4 rings (SSSR count). The lowest BCUT2D eigenvalue weighted by atomic mass is 9.89. The highest BCUT2D eigenvalue weighted by Crippen LogP contribution is 2.41. The molecule has 3 heterocycles. The van der Waals surface area contributed by atoms with Crippen LogP contribution in [-0.2, 0) is 18.6 Å². The van der Waals surface area contributed by atoms with Crippen LogP contribution in [0.3, 0.4) is 0 Å². The fraction of sp³-hybridized carbons (Fsp3) is 0.389. The Hall–Kier alpha value is -1.46. The van der Waals surface area contributed by atoms with Crippen LogP contribution < -0.4 is 0 Å². The number of fused-ring (bicyclic) bond motifs is 3. The first-order chi connectivity index (χ1) is 11.2. The van der Waals surface area contributed by atoms with E-state index in [0.29, 0.717) is 0 Å². The number of pyridine rings is 1. The molecule has 0 fully saturated rings. The number of aromatic nitrogens is 3. The summed E-state index contributed by atoms with van der Waals surface area (Å²) in [6.07, 6.45) is 7.39. The molecule has 3 aromatic heterocycles. The van der Waals surface area contributed by atoms with Crippen LogP contribution in [0.15, 0.2) is 29.6 Å². The first-order valence-electron chi connectivity index (χ1n) is 8.01. The first kappa shape index (κ1) is 15.1. The zero-order valence-electron chi connectivity index (χ0n) is 13.4. The van der Waals surface area contributed by atoms with Crippen molar-refractivity contribution in [3.8, 4) is 0 Å². The molecule has 0 bridgehead atoms. The molecule has 3 nitrogen and oxygen atoms in total. The van der Waals surface area contributed by atoms with Gasteiger partial charge in [0.1, 0.15) is 15.7 Å². The van der Waals surface area contributed by atoms with Gasteiger partial charge in [0, 0.05) is 28.4 Å². The standard InChI is InChI=1S/C18H19N3S2/c1-11-5-6-14-15(8-11)23-18-16(14)17(20-12(2)21-18)22-10-13-4-3-7-19-9-13/h3-4,7,9,11H,5-6,8,10H2,1-2H3/t11-/m0/s1. The highest BCUT2D eigenvalue weighted by atomic mass is 32.2. The van der Waals surface area contributed by atoms with E-state index >= 15 is 0 Å². The second kappa shape index (κ2) is 6.21. The average Bonchev–Trinajstić information content (AvgIpc) is 2.90. The Bertz CT molecular complexity index is 842. The van der Waals surface area contributed by atoms with Crippen molar-refractivity contribution in [3.63, 3.8) is 0 Å². The average molecular weight is 342 g/mol. The molecule has 0 aromatic carbocycles. The summed E-state index contributed by atoms with van der Waals surface area (Å²) in [7, 11) is 0. The number of aryl methyl sites for hydroxylation is 2. The molecule has 1 atom stereocenters. The van der Waals surface area contributed by atoms with E-state index < -0.39 is 0 Å². The Kier molecular flexibility index (Phi) is 4.07. The number of hydrogen-bond acceptors (Lipinski definition) is 5. The SMILES string of the molecule is Cc1nc(SCc2cccnc2)c2c3c(sc2n1)C[C@@H](C)CC3. The molecule has 1 aliphatic rings. The fourth-order valence-corrected chi connectivity index (χ4v) is 5.68. The summed E-state index contributed by atoms with van der Waals surface area (Å²) in [5.41, 5.74) is 2.75. The van der Waals surface area contributed by atoms with Gasteiger partial charge in [-0.1, -0.05) is 13.0 Å². The normalized spacial score (nSPS) is 17.4. The van der Waals surface area contributed by atoms with Crippen molar-refractivity contribution in [2.45, 2.75) is 43.9 Å². The quantitative estimate of drug-likeness (QED) is 0.506. The molecular formula is C18H19N3S2. The summed E-state index contributed by atoms with van der Waals surface area (Å²) in [4.78, 5) is 16.4. The third-order valence-electron chi connectivity index (χ3n) is 4.33. The van der Waals surface area contributed by atoms with Crippen molar-refractivity contribution in [3.05, 3.63) is 46.4 Å². The second-order valence-corrected chi connectivity index (χ2v) is 8.31. The number of thiophene rings is 1. The summed E-state index contributed by atoms with van der Waals surface area (Å²) in [6.45, 7) is 4.34. The minimum Gasteiger partial charge on any atom is -0.264 e. The van der Waals surface area contributed by atoms with Crippen LogP contribution in [0.4, 0.5) is 0 Å². The molecule has 0 aliphatic heterocycles. The fourth-order valence-electron chi connectivity index (χ4n) is 3.15. The Morgan fingerprint density at radius 3 is 3.09 bits per heavy atom. The lowest BCUT2D eigenvalue weighted by Crippen LogP contribution is -2.08. The number of hydrogen-bond donors (Lipinski definition) is 0. The van der Waals surface area contributed by atoms with Gasteiger partial charge < -0.3 is 0 Å². The first-order valence-corrected chi connectivity index (χ1v) is 9.81. The summed E-state index contributed by atoms with van der Waals surface area (Å²) in [6, 6.07) is 4.11. The number of nitrogens with zero attached hydrogens (tertiary/aromatic N) is 3.